The Bertz CT molecular complexity index is 283. The average Bonchev–Trinajstić information content (AvgIpc) is 2.73. The van der Waals surface area contributed by atoms with Crippen LogP contribution in [0.2, 0.25) is 0 Å². The molecule has 84 valence electrons. The summed E-state index contributed by atoms with van der Waals surface area (Å²) in [5, 5.41) is 10.1. The smallest absolute Gasteiger partial charge is 0.170 e. The van der Waals surface area contributed by atoms with Gasteiger partial charge in [-0.15, -0.1) is 0 Å². The molecule has 0 aromatic heterocycles. The van der Waals surface area contributed by atoms with Gasteiger partial charge in [-0.05, 0) is 44.4 Å². The summed E-state index contributed by atoms with van der Waals surface area (Å²) in [6, 6.07) is 0. The third kappa shape index (κ3) is 1.36. The van der Waals surface area contributed by atoms with E-state index < -0.39 is 5.60 Å². The van der Waals surface area contributed by atoms with Gasteiger partial charge >= 0.3 is 0 Å². The van der Waals surface area contributed by atoms with Gasteiger partial charge in [-0.1, -0.05) is 0 Å². The Morgan fingerprint density at radius 1 is 1.33 bits per heavy atom. The highest BCUT2D eigenvalue weighted by atomic mass is 16.5. The zero-order chi connectivity index (χ0) is 10.5. The summed E-state index contributed by atoms with van der Waals surface area (Å²) in [6.07, 6.45) is 5.77. The standard InChI is InChI=1S/C12H18O3/c13-11-10(9-3-1-2-6-15-9)8-4-5-12(11,14)7-8/h8-10,14H,1-7H2. The average molecular weight is 210 g/mol. The fourth-order valence-electron chi connectivity index (χ4n) is 3.64. The molecule has 0 aromatic carbocycles. The molecule has 1 saturated heterocycles. The topological polar surface area (TPSA) is 46.5 Å². The van der Waals surface area contributed by atoms with Crippen molar-refractivity contribution in [3.63, 3.8) is 0 Å². The van der Waals surface area contributed by atoms with Crippen LogP contribution in [-0.4, -0.2) is 29.2 Å². The zero-order valence-corrected chi connectivity index (χ0v) is 8.95. The Morgan fingerprint density at radius 2 is 2.20 bits per heavy atom. The van der Waals surface area contributed by atoms with Gasteiger partial charge in [0.05, 0.1) is 6.10 Å². The number of rotatable bonds is 1. The second-order valence-electron chi connectivity index (χ2n) is 5.33. The zero-order valence-electron chi connectivity index (χ0n) is 8.95. The molecular formula is C12H18O3. The minimum absolute atomic E-state index is 0.00375. The lowest BCUT2D eigenvalue weighted by Crippen LogP contribution is -2.43. The van der Waals surface area contributed by atoms with Crippen LogP contribution in [0.4, 0.5) is 0 Å². The predicted octanol–water partition coefficient (Wildman–Crippen LogP) is 1.29. The molecule has 0 amide bonds. The van der Waals surface area contributed by atoms with Crippen LogP contribution >= 0.6 is 0 Å². The van der Waals surface area contributed by atoms with Crippen LogP contribution in [0.25, 0.3) is 0 Å². The summed E-state index contributed by atoms with van der Waals surface area (Å²) < 4.78 is 5.70. The second kappa shape index (κ2) is 3.29. The van der Waals surface area contributed by atoms with Crippen LogP contribution in [0.15, 0.2) is 0 Å². The van der Waals surface area contributed by atoms with Gasteiger partial charge in [0.25, 0.3) is 0 Å². The Hall–Kier alpha value is -0.410. The maximum Gasteiger partial charge on any atom is 0.170 e. The summed E-state index contributed by atoms with van der Waals surface area (Å²) in [5.74, 6) is 0.472. The van der Waals surface area contributed by atoms with Crippen molar-refractivity contribution in [2.75, 3.05) is 6.61 Å². The monoisotopic (exact) mass is 210 g/mol. The quantitative estimate of drug-likeness (QED) is 0.709. The van der Waals surface area contributed by atoms with Gasteiger partial charge in [-0.25, -0.2) is 0 Å². The lowest BCUT2D eigenvalue weighted by atomic mass is 9.80. The van der Waals surface area contributed by atoms with Gasteiger partial charge in [0.1, 0.15) is 5.60 Å². The number of carbonyl (C=O) groups excluding carboxylic acids is 1. The first-order valence-corrected chi connectivity index (χ1v) is 6.09. The van der Waals surface area contributed by atoms with Crippen LogP contribution < -0.4 is 0 Å². The summed E-state index contributed by atoms with van der Waals surface area (Å²) in [4.78, 5) is 12.1. The Balaban J connectivity index is 1.79. The van der Waals surface area contributed by atoms with Crippen molar-refractivity contribution >= 4 is 5.78 Å². The molecule has 4 atom stereocenters. The number of hydrogen-bond acceptors (Lipinski definition) is 3. The number of carbonyl (C=O) groups is 1. The Morgan fingerprint density at radius 3 is 2.80 bits per heavy atom. The first-order chi connectivity index (χ1) is 7.21. The maximum absolute atomic E-state index is 12.1. The van der Waals surface area contributed by atoms with E-state index in [2.05, 4.69) is 0 Å². The van der Waals surface area contributed by atoms with Crippen molar-refractivity contribution in [2.45, 2.75) is 50.2 Å². The van der Waals surface area contributed by atoms with E-state index in [0.29, 0.717) is 18.8 Å². The number of ether oxygens (including phenoxy) is 1. The van der Waals surface area contributed by atoms with Crippen molar-refractivity contribution in [2.24, 2.45) is 11.8 Å². The summed E-state index contributed by atoms with van der Waals surface area (Å²) in [6.45, 7) is 0.791. The third-order valence-corrected chi connectivity index (χ3v) is 4.41. The van der Waals surface area contributed by atoms with Gasteiger partial charge in [0, 0.05) is 12.5 Å². The highest BCUT2D eigenvalue weighted by Crippen LogP contribution is 2.51. The predicted molar refractivity (Wildman–Crippen MR) is 54.4 cm³/mol. The van der Waals surface area contributed by atoms with Crippen molar-refractivity contribution in [1.29, 1.82) is 0 Å². The van der Waals surface area contributed by atoms with Gasteiger partial charge in [-0.3, -0.25) is 4.79 Å². The maximum atomic E-state index is 12.1. The Labute approximate surface area is 89.8 Å². The van der Waals surface area contributed by atoms with E-state index in [4.69, 9.17) is 4.74 Å². The molecule has 2 saturated carbocycles. The molecular weight excluding hydrogens is 192 g/mol. The highest BCUT2D eigenvalue weighted by Gasteiger charge is 2.58. The normalized spacial score (nSPS) is 49.9. The first kappa shape index (κ1) is 9.79. The molecule has 4 unspecified atom stereocenters. The summed E-state index contributed by atoms with van der Waals surface area (Å²) in [5.41, 5.74) is -0.976. The van der Waals surface area contributed by atoms with Gasteiger partial charge in [0.2, 0.25) is 0 Å². The number of aliphatic hydroxyl groups is 1. The molecule has 3 aliphatic rings. The lowest BCUT2D eigenvalue weighted by molar-refractivity contribution is -0.145. The fourth-order valence-corrected chi connectivity index (χ4v) is 3.64. The summed E-state index contributed by atoms with van der Waals surface area (Å²) >= 11 is 0. The van der Waals surface area contributed by atoms with Gasteiger partial charge in [-0.2, -0.15) is 0 Å². The van der Waals surface area contributed by atoms with E-state index >= 15 is 0 Å². The fraction of sp³-hybridized carbons (Fsp3) is 0.917. The molecule has 1 heterocycles. The molecule has 0 aromatic rings. The van der Waals surface area contributed by atoms with Crippen LogP contribution in [-0.2, 0) is 9.53 Å². The molecule has 3 nitrogen and oxygen atoms in total. The van der Waals surface area contributed by atoms with E-state index in [0.717, 1.165) is 25.9 Å². The van der Waals surface area contributed by atoms with E-state index in [1.165, 1.54) is 6.42 Å². The second-order valence-corrected chi connectivity index (χ2v) is 5.33. The summed E-state index contributed by atoms with van der Waals surface area (Å²) in [7, 11) is 0. The Kier molecular flexibility index (Phi) is 2.15. The highest BCUT2D eigenvalue weighted by molar-refractivity contribution is 5.93. The SMILES string of the molecule is O=C1C(C2CCCCO2)C2CCC1(O)C2. The van der Waals surface area contributed by atoms with Crippen molar-refractivity contribution in [1.82, 2.24) is 0 Å². The number of hydrogen-bond donors (Lipinski definition) is 1. The van der Waals surface area contributed by atoms with E-state index in [9.17, 15) is 9.90 Å². The number of fused-ring (bicyclic) bond motifs is 2. The van der Waals surface area contributed by atoms with Crippen molar-refractivity contribution in [3.05, 3.63) is 0 Å². The van der Waals surface area contributed by atoms with Crippen LogP contribution in [0.3, 0.4) is 0 Å². The largest absolute Gasteiger partial charge is 0.382 e. The van der Waals surface area contributed by atoms with E-state index in [1.54, 1.807) is 0 Å². The lowest BCUT2D eigenvalue weighted by Gasteiger charge is -2.33. The third-order valence-electron chi connectivity index (χ3n) is 4.41. The number of ketones is 1. The minimum atomic E-state index is -0.976. The number of Topliss-reactive ketones (excluding diaryl/α,β-unsaturated/α-hetero) is 1. The molecule has 3 rings (SSSR count). The molecule has 2 aliphatic carbocycles. The van der Waals surface area contributed by atoms with Gasteiger partial charge < -0.3 is 9.84 Å². The molecule has 2 bridgehead atoms. The van der Waals surface area contributed by atoms with E-state index in [1.807, 2.05) is 0 Å². The molecule has 1 N–H and O–H groups in total. The minimum Gasteiger partial charge on any atom is -0.382 e. The van der Waals surface area contributed by atoms with E-state index in [-0.39, 0.29) is 17.8 Å². The van der Waals surface area contributed by atoms with Gasteiger partial charge in [0.15, 0.2) is 5.78 Å². The first-order valence-electron chi connectivity index (χ1n) is 6.09. The molecule has 15 heavy (non-hydrogen) atoms. The van der Waals surface area contributed by atoms with Crippen molar-refractivity contribution in [3.8, 4) is 0 Å². The molecule has 3 heteroatoms. The molecule has 1 aliphatic heterocycles. The molecule has 3 fully saturated rings. The van der Waals surface area contributed by atoms with Crippen LogP contribution in [0, 0.1) is 11.8 Å². The van der Waals surface area contributed by atoms with Crippen molar-refractivity contribution < 1.29 is 14.6 Å². The molecule has 0 radical (unpaired) electrons. The molecule has 0 spiro atoms. The van der Waals surface area contributed by atoms with Crippen LogP contribution in [0.1, 0.15) is 38.5 Å². The van der Waals surface area contributed by atoms with Crippen LogP contribution in [0.5, 0.6) is 0 Å².